The second-order valence-corrected chi connectivity index (χ2v) is 10.2. The molecule has 3 aromatic rings. The first-order chi connectivity index (χ1) is 15.9. The molecule has 2 fully saturated rings. The van der Waals surface area contributed by atoms with Gasteiger partial charge in [-0.3, -0.25) is 4.79 Å². The van der Waals surface area contributed by atoms with E-state index in [1.54, 1.807) is 6.26 Å². The molecule has 6 rings (SSSR count). The normalized spacial score (nSPS) is 21.3. The van der Waals surface area contributed by atoms with Crippen molar-refractivity contribution in [2.24, 2.45) is 5.41 Å². The van der Waals surface area contributed by atoms with Gasteiger partial charge in [0.25, 0.3) is 0 Å². The highest BCUT2D eigenvalue weighted by Crippen LogP contribution is 2.41. The fraction of sp³-hybridized carbons (Fsp3) is 0.480. The Morgan fingerprint density at radius 3 is 2.76 bits per heavy atom. The zero-order valence-corrected chi connectivity index (χ0v) is 19.2. The number of furan rings is 1. The summed E-state index contributed by atoms with van der Waals surface area (Å²) in [6.45, 7) is 8.08. The highest BCUT2D eigenvalue weighted by molar-refractivity contribution is 6.06. The molecule has 3 aliphatic rings. The number of hydrogen-bond donors (Lipinski definition) is 3. The van der Waals surface area contributed by atoms with Crippen LogP contribution in [0.4, 0.5) is 23.1 Å². The van der Waals surface area contributed by atoms with Crippen LogP contribution in [0.15, 0.2) is 34.9 Å². The monoisotopic (exact) mass is 446 g/mol. The highest BCUT2D eigenvalue weighted by atomic mass is 16.3. The summed E-state index contributed by atoms with van der Waals surface area (Å²) < 4.78 is 5.79. The minimum atomic E-state index is -0.521. The molecule has 1 aromatic carbocycles. The Bertz CT molecular complexity index is 1220. The first-order valence-corrected chi connectivity index (χ1v) is 11.9. The number of carbonyl (C=O) groups excluding carboxylic acids is 1. The predicted molar refractivity (Wildman–Crippen MR) is 129 cm³/mol. The molecule has 8 heteroatoms. The third-order valence-corrected chi connectivity index (χ3v) is 7.73. The molecule has 8 nitrogen and oxygen atoms in total. The van der Waals surface area contributed by atoms with E-state index in [0.29, 0.717) is 11.4 Å². The number of carbonyl (C=O) groups is 1. The molecule has 0 saturated carbocycles. The van der Waals surface area contributed by atoms with Crippen molar-refractivity contribution in [2.75, 3.05) is 41.7 Å². The minimum absolute atomic E-state index is 0.0176. The maximum absolute atomic E-state index is 12.3. The van der Waals surface area contributed by atoms with Crippen molar-refractivity contribution >= 4 is 40.1 Å². The van der Waals surface area contributed by atoms with Crippen LogP contribution in [0.1, 0.15) is 45.1 Å². The predicted octanol–water partition coefficient (Wildman–Crippen LogP) is 4.17. The van der Waals surface area contributed by atoms with Gasteiger partial charge >= 0.3 is 0 Å². The Labute approximate surface area is 193 Å². The van der Waals surface area contributed by atoms with Gasteiger partial charge in [-0.25, -0.2) is 4.98 Å². The number of fused-ring (bicyclic) bond motifs is 2. The number of aromatic nitrogens is 2. The van der Waals surface area contributed by atoms with Gasteiger partial charge in [-0.2, -0.15) is 4.98 Å². The van der Waals surface area contributed by atoms with Gasteiger partial charge in [0, 0.05) is 37.1 Å². The largest absolute Gasteiger partial charge is 0.459 e. The van der Waals surface area contributed by atoms with Gasteiger partial charge < -0.3 is 25.3 Å². The standard InChI is InChI=1S/C25H30N6O2/c1-24(2)17-5-4-16(14-19(17)28-22(24)32)27-23-29-18-6-13-33-20(18)21(30-23)31-11-8-25(9-12-31)7-3-10-26-15-25/h4-6,13-14,26H,3,7-12,15H2,1-2H3,(H,28,32)(H,27,29,30). The van der Waals surface area contributed by atoms with E-state index in [-0.39, 0.29) is 5.91 Å². The van der Waals surface area contributed by atoms with E-state index < -0.39 is 5.41 Å². The Hall–Kier alpha value is -3.13. The number of rotatable bonds is 3. The van der Waals surface area contributed by atoms with Gasteiger partial charge in [0.15, 0.2) is 11.4 Å². The summed E-state index contributed by atoms with van der Waals surface area (Å²) in [5, 5.41) is 9.91. The Morgan fingerprint density at radius 2 is 1.97 bits per heavy atom. The lowest BCUT2D eigenvalue weighted by atomic mass is 9.73. The smallest absolute Gasteiger partial charge is 0.234 e. The van der Waals surface area contributed by atoms with Crippen LogP contribution >= 0.6 is 0 Å². The fourth-order valence-electron chi connectivity index (χ4n) is 5.57. The lowest BCUT2D eigenvalue weighted by Gasteiger charge is -2.44. The lowest BCUT2D eigenvalue weighted by Crippen LogP contribution is -2.48. The van der Waals surface area contributed by atoms with Gasteiger partial charge in [-0.15, -0.1) is 0 Å². The molecule has 2 saturated heterocycles. The van der Waals surface area contributed by atoms with E-state index in [9.17, 15) is 4.79 Å². The maximum atomic E-state index is 12.3. The molecule has 0 aliphatic carbocycles. The summed E-state index contributed by atoms with van der Waals surface area (Å²) in [5.74, 6) is 1.40. The van der Waals surface area contributed by atoms with Crippen molar-refractivity contribution in [3.63, 3.8) is 0 Å². The molecule has 3 N–H and O–H groups in total. The zero-order valence-electron chi connectivity index (χ0n) is 19.2. The molecule has 1 amide bonds. The van der Waals surface area contributed by atoms with Crippen LogP contribution in [0.2, 0.25) is 0 Å². The number of amides is 1. The Balaban J connectivity index is 1.27. The third kappa shape index (κ3) is 3.44. The van der Waals surface area contributed by atoms with Crippen molar-refractivity contribution in [1.82, 2.24) is 15.3 Å². The summed E-state index contributed by atoms with van der Waals surface area (Å²) in [6, 6.07) is 7.80. The summed E-state index contributed by atoms with van der Waals surface area (Å²) in [4.78, 5) is 24.2. The van der Waals surface area contributed by atoms with E-state index in [1.165, 1.54) is 12.8 Å². The number of nitrogens with zero attached hydrogens (tertiary/aromatic N) is 3. The maximum Gasteiger partial charge on any atom is 0.234 e. The molecule has 0 unspecified atom stereocenters. The molecular formula is C25H30N6O2. The molecular weight excluding hydrogens is 416 g/mol. The van der Waals surface area contributed by atoms with Gasteiger partial charge in [0.2, 0.25) is 11.9 Å². The first-order valence-electron chi connectivity index (χ1n) is 11.9. The fourth-order valence-corrected chi connectivity index (χ4v) is 5.57. The van der Waals surface area contributed by atoms with Gasteiger partial charge in [0.1, 0.15) is 5.52 Å². The Kier molecular flexibility index (Phi) is 4.62. The van der Waals surface area contributed by atoms with Crippen LogP contribution in [0.25, 0.3) is 11.1 Å². The SMILES string of the molecule is CC1(C)C(=O)Nc2cc(Nc3nc(N4CCC5(CCCNC5)CC4)c4occc4n3)ccc21. The molecule has 0 bridgehead atoms. The van der Waals surface area contributed by atoms with E-state index >= 15 is 0 Å². The average Bonchev–Trinajstić information content (AvgIpc) is 3.36. The number of hydrogen-bond acceptors (Lipinski definition) is 7. The van der Waals surface area contributed by atoms with Crippen LogP contribution < -0.4 is 20.9 Å². The summed E-state index contributed by atoms with van der Waals surface area (Å²) in [5.41, 5.74) is 4.11. The lowest BCUT2D eigenvalue weighted by molar-refractivity contribution is -0.119. The highest BCUT2D eigenvalue weighted by Gasteiger charge is 2.38. The van der Waals surface area contributed by atoms with E-state index in [1.807, 2.05) is 38.1 Å². The van der Waals surface area contributed by atoms with Crippen molar-refractivity contribution in [2.45, 2.75) is 44.9 Å². The second-order valence-electron chi connectivity index (χ2n) is 10.2. The quantitative estimate of drug-likeness (QED) is 0.556. The molecule has 0 atom stereocenters. The van der Waals surface area contributed by atoms with Gasteiger partial charge in [-0.1, -0.05) is 6.07 Å². The number of piperidine rings is 2. The summed E-state index contributed by atoms with van der Waals surface area (Å²) in [6.07, 6.45) is 6.58. The van der Waals surface area contributed by atoms with Crippen molar-refractivity contribution in [1.29, 1.82) is 0 Å². The molecule has 5 heterocycles. The average molecular weight is 447 g/mol. The topological polar surface area (TPSA) is 95.3 Å². The Morgan fingerprint density at radius 1 is 1.12 bits per heavy atom. The van der Waals surface area contributed by atoms with Crippen molar-refractivity contribution in [3.8, 4) is 0 Å². The molecule has 2 aromatic heterocycles. The van der Waals surface area contributed by atoms with E-state index in [4.69, 9.17) is 9.40 Å². The van der Waals surface area contributed by atoms with Crippen LogP contribution in [-0.2, 0) is 10.2 Å². The number of anilines is 4. The van der Waals surface area contributed by atoms with E-state index in [2.05, 4.69) is 25.8 Å². The molecule has 1 spiro atoms. The van der Waals surface area contributed by atoms with Crippen molar-refractivity contribution in [3.05, 3.63) is 36.1 Å². The summed E-state index contributed by atoms with van der Waals surface area (Å²) >= 11 is 0. The number of benzene rings is 1. The van der Waals surface area contributed by atoms with Crippen LogP contribution in [0.3, 0.4) is 0 Å². The van der Waals surface area contributed by atoms with Gasteiger partial charge in [0.05, 0.1) is 11.7 Å². The third-order valence-electron chi connectivity index (χ3n) is 7.73. The van der Waals surface area contributed by atoms with Crippen LogP contribution in [0.5, 0.6) is 0 Å². The molecule has 0 radical (unpaired) electrons. The minimum Gasteiger partial charge on any atom is -0.459 e. The van der Waals surface area contributed by atoms with Gasteiger partial charge in [-0.05, 0) is 69.2 Å². The number of nitrogens with one attached hydrogen (secondary N) is 3. The molecule has 172 valence electrons. The summed E-state index contributed by atoms with van der Waals surface area (Å²) in [7, 11) is 0. The molecule has 33 heavy (non-hydrogen) atoms. The van der Waals surface area contributed by atoms with Crippen molar-refractivity contribution < 1.29 is 9.21 Å². The van der Waals surface area contributed by atoms with Crippen LogP contribution in [0, 0.1) is 5.41 Å². The first kappa shape index (κ1) is 20.5. The van der Waals surface area contributed by atoms with Crippen LogP contribution in [-0.4, -0.2) is 42.1 Å². The molecule has 3 aliphatic heterocycles. The second kappa shape index (κ2) is 7.45. The van der Waals surface area contributed by atoms with E-state index in [0.717, 1.165) is 72.9 Å². The zero-order chi connectivity index (χ0) is 22.6.